The first-order chi connectivity index (χ1) is 12.2. The van der Waals surface area contributed by atoms with Gasteiger partial charge in [0.15, 0.2) is 0 Å². The first-order valence-corrected chi connectivity index (χ1v) is 8.70. The van der Waals surface area contributed by atoms with Crippen LogP contribution in [0.1, 0.15) is 42.6 Å². The monoisotopic (exact) mass is 356 g/mol. The van der Waals surface area contributed by atoms with Gasteiger partial charge in [0.1, 0.15) is 23.9 Å². The number of rotatable bonds is 3. The highest BCUT2D eigenvalue weighted by Crippen LogP contribution is 2.38. The molecule has 2 heterocycles. The first-order valence-electron chi connectivity index (χ1n) is 8.70. The number of fused-ring (bicyclic) bond motifs is 1. The van der Waals surface area contributed by atoms with Crippen molar-refractivity contribution >= 4 is 23.2 Å². The molecule has 1 aromatic carbocycles. The van der Waals surface area contributed by atoms with E-state index in [1.807, 2.05) is 20.8 Å². The largest absolute Gasteiger partial charge is 0.490 e. The first kappa shape index (κ1) is 18.0. The molecule has 0 atom stereocenters. The van der Waals surface area contributed by atoms with Gasteiger partial charge in [0.2, 0.25) is 5.91 Å². The van der Waals surface area contributed by atoms with Crippen LogP contribution in [0, 0.1) is 19.3 Å². The van der Waals surface area contributed by atoms with Gasteiger partial charge in [-0.15, -0.1) is 0 Å². The lowest BCUT2D eigenvalue weighted by Gasteiger charge is -2.26. The second kappa shape index (κ2) is 6.52. The Morgan fingerprint density at radius 3 is 2.62 bits per heavy atom. The molecule has 0 unspecified atom stereocenters. The fraction of sp³-hybridized carbons (Fsp3) is 0.400. The smallest absolute Gasteiger partial charge is 0.259 e. The third-order valence-electron chi connectivity index (χ3n) is 4.52. The predicted molar refractivity (Wildman–Crippen MR) is 99.9 cm³/mol. The van der Waals surface area contributed by atoms with E-state index >= 15 is 0 Å². The molecule has 0 saturated heterocycles. The van der Waals surface area contributed by atoms with Crippen molar-refractivity contribution in [2.45, 2.75) is 34.6 Å². The molecule has 26 heavy (non-hydrogen) atoms. The van der Waals surface area contributed by atoms with Crippen molar-refractivity contribution in [3.63, 3.8) is 0 Å². The zero-order chi connectivity index (χ0) is 19.1. The van der Waals surface area contributed by atoms with Gasteiger partial charge in [-0.25, -0.2) is 0 Å². The van der Waals surface area contributed by atoms with E-state index in [4.69, 9.17) is 9.15 Å². The van der Waals surface area contributed by atoms with Gasteiger partial charge in [0.25, 0.3) is 5.91 Å². The van der Waals surface area contributed by atoms with Gasteiger partial charge >= 0.3 is 0 Å². The molecule has 0 saturated carbocycles. The van der Waals surface area contributed by atoms with Crippen LogP contribution in [0.4, 0.5) is 11.4 Å². The lowest BCUT2D eigenvalue weighted by molar-refractivity contribution is -0.127. The SMILES string of the molecule is CCN1C(=O)C(C)(C)COc2cc(NC(=O)c3cc(C)oc3C)ccc21. The van der Waals surface area contributed by atoms with Crippen LogP contribution in [0.5, 0.6) is 5.75 Å². The van der Waals surface area contributed by atoms with Crippen LogP contribution in [0.15, 0.2) is 28.7 Å². The van der Waals surface area contributed by atoms with Crippen LogP contribution < -0.4 is 15.0 Å². The summed E-state index contributed by atoms with van der Waals surface area (Å²) in [6, 6.07) is 7.05. The van der Waals surface area contributed by atoms with Gasteiger partial charge in [-0.1, -0.05) is 0 Å². The zero-order valence-electron chi connectivity index (χ0n) is 15.8. The Bertz CT molecular complexity index is 867. The van der Waals surface area contributed by atoms with Gasteiger partial charge in [0, 0.05) is 18.3 Å². The molecular weight excluding hydrogens is 332 g/mol. The minimum absolute atomic E-state index is 0.0278. The molecule has 1 aliphatic heterocycles. The summed E-state index contributed by atoms with van der Waals surface area (Å²) in [7, 11) is 0. The van der Waals surface area contributed by atoms with E-state index in [2.05, 4.69) is 5.32 Å². The Kier molecular flexibility index (Phi) is 4.52. The summed E-state index contributed by atoms with van der Waals surface area (Å²) in [4.78, 5) is 26.9. The number of hydrogen-bond donors (Lipinski definition) is 1. The van der Waals surface area contributed by atoms with E-state index < -0.39 is 5.41 Å². The number of hydrogen-bond acceptors (Lipinski definition) is 4. The maximum absolute atomic E-state index is 12.7. The summed E-state index contributed by atoms with van der Waals surface area (Å²) in [5.74, 6) is 1.65. The highest BCUT2D eigenvalue weighted by Gasteiger charge is 2.37. The Morgan fingerprint density at radius 1 is 1.27 bits per heavy atom. The van der Waals surface area contributed by atoms with Crippen LogP contribution in [-0.2, 0) is 4.79 Å². The van der Waals surface area contributed by atoms with E-state index in [0.29, 0.717) is 35.1 Å². The summed E-state index contributed by atoms with van der Waals surface area (Å²) >= 11 is 0. The molecule has 0 spiro atoms. The number of amides is 2. The van der Waals surface area contributed by atoms with Crippen molar-refractivity contribution < 1.29 is 18.7 Å². The maximum Gasteiger partial charge on any atom is 0.259 e. The minimum atomic E-state index is -0.607. The number of benzene rings is 1. The van der Waals surface area contributed by atoms with Crippen LogP contribution in [0.2, 0.25) is 0 Å². The zero-order valence-corrected chi connectivity index (χ0v) is 15.8. The molecule has 0 fully saturated rings. The van der Waals surface area contributed by atoms with Crippen molar-refractivity contribution in [1.29, 1.82) is 0 Å². The molecule has 1 aromatic heterocycles. The molecule has 0 radical (unpaired) electrons. The molecule has 6 heteroatoms. The lowest BCUT2D eigenvalue weighted by atomic mass is 9.93. The highest BCUT2D eigenvalue weighted by atomic mass is 16.5. The van der Waals surface area contributed by atoms with Crippen molar-refractivity contribution in [2.75, 3.05) is 23.4 Å². The number of anilines is 2. The number of carbonyl (C=O) groups is 2. The van der Waals surface area contributed by atoms with Crippen LogP contribution >= 0.6 is 0 Å². The molecule has 6 nitrogen and oxygen atoms in total. The molecule has 0 bridgehead atoms. The minimum Gasteiger partial charge on any atom is -0.490 e. The van der Waals surface area contributed by atoms with E-state index in [9.17, 15) is 9.59 Å². The quantitative estimate of drug-likeness (QED) is 0.905. The average molecular weight is 356 g/mol. The second-order valence-electron chi connectivity index (χ2n) is 7.19. The van der Waals surface area contributed by atoms with Crippen molar-refractivity contribution in [1.82, 2.24) is 0 Å². The molecule has 0 aliphatic carbocycles. The fourth-order valence-electron chi connectivity index (χ4n) is 3.09. The number of nitrogens with one attached hydrogen (secondary N) is 1. The number of nitrogens with zero attached hydrogens (tertiary/aromatic N) is 1. The highest BCUT2D eigenvalue weighted by molar-refractivity contribution is 6.05. The van der Waals surface area contributed by atoms with Gasteiger partial charge in [-0.05, 0) is 52.8 Å². The molecule has 1 N–H and O–H groups in total. The van der Waals surface area contributed by atoms with E-state index in [1.54, 1.807) is 43.0 Å². The number of ether oxygens (including phenoxy) is 1. The van der Waals surface area contributed by atoms with E-state index in [0.717, 1.165) is 5.69 Å². The third kappa shape index (κ3) is 3.19. The fourth-order valence-corrected chi connectivity index (χ4v) is 3.09. The molecule has 1 aliphatic rings. The summed E-state index contributed by atoms with van der Waals surface area (Å²) in [5.41, 5.74) is 1.22. The second-order valence-corrected chi connectivity index (χ2v) is 7.19. The number of carbonyl (C=O) groups excluding carboxylic acids is 2. The van der Waals surface area contributed by atoms with Crippen LogP contribution in [0.3, 0.4) is 0 Å². The number of aryl methyl sites for hydroxylation is 2. The Hall–Kier alpha value is -2.76. The van der Waals surface area contributed by atoms with Gasteiger partial charge in [-0.2, -0.15) is 0 Å². The Morgan fingerprint density at radius 2 is 2.00 bits per heavy atom. The molecule has 2 amide bonds. The van der Waals surface area contributed by atoms with Crippen LogP contribution in [0.25, 0.3) is 0 Å². The van der Waals surface area contributed by atoms with Gasteiger partial charge in [-0.3, -0.25) is 9.59 Å². The number of furan rings is 1. The molecule has 2 aromatic rings. The van der Waals surface area contributed by atoms with Gasteiger partial charge < -0.3 is 19.4 Å². The molecule has 138 valence electrons. The van der Waals surface area contributed by atoms with E-state index in [1.165, 1.54) is 0 Å². The normalized spacial score (nSPS) is 15.9. The Labute approximate surface area is 153 Å². The predicted octanol–water partition coefficient (Wildman–Crippen LogP) is 3.92. The van der Waals surface area contributed by atoms with Crippen molar-refractivity contribution in [2.24, 2.45) is 5.41 Å². The van der Waals surface area contributed by atoms with Gasteiger partial charge in [0.05, 0.1) is 16.7 Å². The molecular formula is C20H24N2O4. The summed E-state index contributed by atoms with van der Waals surface area (Å²) in [5, 5.41) is 2.87. The van der Waals surface area contributed by atoms with Crippen LogP contribution in [-0.4, -0.2) is 25.0 Å². The average Bonchev–Trinajstić information content (AvgIpc) is 2.89. The summed E-state index contributed by atoms with van der Waals surface area (Å²) in [6.45, 7) is 10.1. The summed E-state index contributed by atoms with van der Waals surface area (Å²) < 4.78 is 11.3. The van der Waals surface area contributed by atoms with Crippen molar-refractivity contribution in [3.05, 3.63) is 41.3 Å². The Balaban J connectivity index is 1.89. The van der Waals surface area contributed by atoms with E-state index in [-0.39, 0.29) is 18.4 Å². The lowest BCUT2D eigenvalue weighted by Crippen LogP contribution is -2.42. The topological polar surface area (TPSA) is 71.8 Å². The maximum atomic E-state index is 12.7. The van der Waals surface area contributed by atoms with Crippen molar-refractivity contribution in [3.8, 4) is 5.75 Å². The standard InChI is InChI=1S/C20H24N2O4/c1-6-22-16-8-7-14(10-17(16)25-11-20(4,5)19(22)24)21-18(23)15-9-12(2)26-13(15)3/h7-10H,6,11H2,1-5H3,(H,21,23). The summed E-state index contributed by atoms with van der Waals surface area (Å²) in [6.07, 6.45) is 0. The third-order valence-corrected chi connectivity index (χ3v) is 4.52. The molecule has 3 rings (SSSR count).